The molecule has 0 aliphatic heterocycles. The summed E-state index contributed by atoms with van der Waals surface area (Å²) in [6, 6.07) is 15.8. The molecule has 2 aromatic rings. The number of nitriles is 1. The zero-order valence-corrected chi connectivity index (χ0v) is 13.9. The highest BCUT2D eigenvalue weighted by molar-refractivity contribution is 8.00. The molecular formula is C18H19N3OS. The first-order valence-corrected chi connectivity index (χ1v) is 8.35. The van der Waals surface area contributed by atoms with Gasteiger partial charge in [-0.3, -0.25) is 9.78 Å². The van der Waals surface area contributed by atoms with Crippen LogP contribution in [0.3, 0.4) is 0 Å². The van der Waals surface area contributed by atoms with Crippen molar-refractivity contribution in [1.82, 2.24) is 9.88 Å². The molecule has 1 aromatic heterocycles. The molecule has 0 fully saturated rings. The van der Waals surface area contributed by atoms with E-state index in [4.69, 9.17) is 5.26 Å². The molecule has 2 rings (SSSR count). The third-order valence-corrected chi connectivity index (χ3v) is 4.40. The Hall–Kier alpha value is -2.32. The van der Waals surface area contributed by atoms with E-state index in [0.717, 1.165) is 10.5 Å². The molecule has 1 amide bonds. The zero-order valence-electron chi connectivity index (χ0n) is 13.1. The van der Waals surface area contributed by atoms with E-state index in [0.29, 0.717) is 19.5 Å². The molecule has 5 heteroatoms. The first kappa shape index (κ1) is 17.0. The number of carbonyl (C=O) groups excluding carboxylic acids is 1. The van der Waals surface area contributed by atoms with Crippen molar-refractivity contribution in [2.75, 3.05) is 6.54 Å². The molecule has 118 valence electrons. The molecular weight excluding hydrogens is 306 g/mol. The lowest BCUT2D eigenvalue weighted by atomic mass is 10.2. The number of amides is 1. The molecule has 23 heavy (non-hydrogen) atoms. The fraction of sp³-hybridized carbons (Fsp3) is 0.278. The molecule has 0 radical (unpaired) electrons. The Morgan fingerprint density at radius 2 is 2.09 bits per heavy atom. The summed E-state index contributed by atoms with van der Waals surface area (Å²) in [4.78, 5) is 19.6. The third-order valence-electron chi connectivity index (χ3n) is 3.31. The van der Waals surface area contributed by atoms with Crippen molar-refractivity contribution in [1.29, 1.82) is 5.26 Å². The average Bonchev–Trinajstić information content (AvgIpc) is 2.59. The molecule has 0 saturated carbocycles. The normalized spacial score (nSPS) is 11.5. The van der Waals surface area contributed by atoms with E-state index >= 15 is 0 Å². The van der Waals surface area contributed by atoms with Gasteiger partial charge in [-0.2, -0.15) is 5.26 Å². The monoisotopic (exact) mass is 325 g/mol. The minimum Gasteiger partial charge on any atom is -0.336 e. The lowest BCUT2D eigenvalue weighted by Crippen LogP contribution is -2.36. The van der Waals surface area contributed by atoms with Crippen molar-refractivity contribution in [3.63, 3.8) is 0 Å². The maximum absolute atomic E-state index is 12.7. The van der Waals surface area contributed by atoms with Gasteiger partial charge in [-0.1, -0.05) is 24.3 Å². The summed E-state index contributed by atoms with van der Waals surface area (Å²) in [6.07, 6.45) is 3.79. The van der Waals surface area contributed by atoms with Gasteiger partial charge in [0.25, 0.3) is 0 Å². The Labute approximate surface area is 141 Å². The molecule has 0 aliphatic rings. The second kappa shape index (κ2) is 8.96. The fourth-order valence-electron chi connectivity index (χ4n) is 2.17. The Bertz CT molecular complexity index is 655. The molecule has 1 atom stereocenters. The molecule has 0 bridgehead atoms. The molecule has 0 aliphatic carbocycles. The summed E-state index contributed by atoms with van der Waals surface area (Å²) in [5.74, 6) is 0.0398. The van der Waals surface area contributed by atoms with Crippen LogP contribution < -0.4 is 0 Å². The topological polar surface area (TPSA) is 57.0 Å². The maximum Gasteiger partial charge on any atom is 0.236 e. The van der Waals surface area contributed by atoms with Crippen LogP contribution in [-0.2, 0) is 11.3 Å². The van der Waals surface area contributed by atoms with E-state index < -0.39 is 0 Å². The van der Waals surface area contributed by atoms with Crippen molar-refractivity contribution in [3.8, 4) is 6.07 Å². The summed E-state index contributed by atoms with van der Waals surface area (Å²) in [5, 5.41) is 8.63. The quantitative estimate of drug-likeness (QED) is 0.731. The summed E-state index contributed by atoms with van der Waals surface area (Å²) in [7, 11) is 0. The highest BCUT2D eigenvalue weighted by atomic mass is 32.2. The minimum atomic E-state index is -0.201. The standard InChI is InChI=1S/C18H19N3OS/c1-15(23-17-8-3-2-4-9-17)18(22)21(12-6-10-19)14-16-7-5-11-20-13-16/h2-5,7-9,11,13,15H,6,12,14H2,1H3/t15-/m1/s1. The first-order chi connectivity index (χ1) is 11.2. The summed E-state index contributed by atoms with van der Waals surface area (Å²) in [5.41, 5.74) is 0.968. The van der Waals surface area contributed by atoms with Crippen LogP contribution in [0.2, 0.25) is 0 Å². The van der Waals surface area contributed by atoms with E-state index in [1.165, 1.54) is 11.8 Å². The molecule has 0 spiro atoms. The van der Waals surface area contributed by atoms with Crippen LogP contribution in [0, 0.1) is 11.3 Å². The smallest absolute Gasteiger partial charge is 0.236 e. The van der Waals surface area contributed by atoms with Crippen LogP contribution in [0.4, 0.5) is 0 Å². The first-order valence-electron chi connectivity index (χ1n) is 7.47. The SMILES string of the molecule is C[C@@H](Sc1ccccc1)C(=O)N(CCC#N)Cc1cccnc1. The minimum absolute atomic E-state index is 0.0398. The number of hydrogen-bond donors (Lipinski definition) is 0. The van der Waals surface area contributed by atoms with Crippen molar-refractivity contribution >= 4 is 17.7 Å². The Morgan fingerprint density at radius 1 is 1.30 bits per heavy atom. The van der Waals surface area contributed by atoms with Gasteiger partial charge in [-0.25, -0.2) is 0 Å². The predicted molar refractivity (Wildman–Crippen MR) is 91.6 cm³/mol. The van der Waals surface area contributed by atoms with E-state index in [-0.39, 0.29) is 11.2 Å². The fourth-order valence-corrected chi connectivity index (χ4v) is 3.15. The van der Waals surface area contributed by atoms with Crippen LogP contribution in [0.15, 0.2) is 59.8 Å². The van der Waals surface area contributed by atoms with E-state index in [9.17, 15) is 4.79 Å². The molecule has 4 nitrogen and oxygen atoms in total. The Morgan fingerprint density at radius 3 is 2.74 bits per heavy atom. The van der Waals surface area contributed by atoms with Crippen molar-refractivity contribution < 1.29 is 4.79 Å². The van der Waals surface area contributed by atoms with Gasteiger partial charge in [-0.15, -0.1) is 11.8 Å². The van der Waals surface area contributed by atoms with Gasteiger partial charge in [0.1, 0.15) is 0 Å². The van der Waals surface area contributed by atoms with Crippen molar-refractivity contribution in [2.24, 2.45) is 0 Å². The largest absolute Gasteiger partial charge is 0.336 e. The van der Waals surface area contributed by atoms with Crippen LogP contribution in [0.1, 0.15) is 18.9 Å². The van der Waals surface area contributed by atoms with Crippen LogP contribution in [0.25, 0.3) is 0 Å². The second-order valence-electron chi connectivity index (χ2n) is 5.10. The van der Waals surface area contributed by atoms with E-state index in [1.54, 1.807) is 17.3 Å². The number of pyridine rings is 1. The van der Waals surface area contributed by atoms with Crippen molar-refractivity contribution in [3.05, 3.63) is 60.4 Å². The number of hydrogen-bond acceptors (Lipinski definition) is 4. The molecule has 1 aromatic carbocycles. The number of thioether (sulfide) groups is 1. The predicted octanol–water partition coefficient (Wildman–Crippen LogP) is 3.50. The van der Waals surface area contributed by atoms with Gasteiger partial charge in [-0.05, 0) is 30.7 Å². The van der Waals surface area contributed by atoms with E-state index in [1.807, 2.05) is 49.4 Å². The highest BCUT2D eigenvalue weighted by Gasteiger charge is 2.21. The maximum atomic E-state index is 12.7. The van der Waals surface area contributed by atoms with Gasteiger partial charge in [0, 0.05) is 30.4 Å². The van der Waals surface area contributed by atoms with Gasteiger partial charge in [0.15, 0.2) is 0 Å². The van der Waals surface area contributed by atoms with Crippen molar-refractivity contribution in [2.45, 2.75) is 30.0 Å². The molecule has 0 unspecified atom stereocenters. The number of aromatic nitrogens is 1. The molecule has 1 heterocycles. The summed E-state index contributed by atoms with van der Waals surface area (Å²) < 4.78 is 0. The van der Waals surface area contributed by atoms with E-state index in [2.05, 4.69) is 11.1 Å². The highest BCUT2D eigenvalue weighted by Crippen LogP contribution is 2.24. The van der Waals surface area contributed by atoms with Crippen LogP contribution in [0.5, 0.6) is 0 Å². The zero-order chi connectivity index (χ0) is 16.5. The molecule has 0 saturated heterocycles. The van der Waals surface area contributed by atoms with Gasteiger partial charge in [0.2, 0.25) is 5.91 Å². The summed E-state index contributed by atoms with van der Waals surface area (Å²) in [6.45, 7) is 2.82. The lowest BCUT2D eigenvalue weighted by Gasteiger charge is -2.25. The molecule has 0 N–H and O–H groups in total. The van der Waals surface area contributed by atoms with Gasteiger partial charge in [0.05, 0.1) is 17.7 Å². The number of rotatable bonds is 7. The lowest BCUT2D eigenvalue weighted by molar-refractivity contribution is -0.130. The number of nitrogens with zero attached hydrogens (tertiary/aromatic N) is 3. The van der Waals surface area contributed by atoms with Crippen LogP contribution >= 0.6 is 11.8 Å². The number of benzene rings is 1. The van der Waals surface area contributed by atoms with Gasteiger partial charge >= 0.3 is 0 Å². The number of carbonyl (C=O) groups is 1. The van der Waals surface area contributed by atoms with Gasteiger partial charge < -0.3 is 4.90 Å². The average molecular weight is 325 g/mol. The third kappa shape index (κ3) is 5.42. The van der Waals surface area contributed by atoms with Crippen LogP contribution in [-0.4, -0.2) is 27.6 Å². The summed E-state index contributed by atoms with van der Waals surface area (Å²) >= 11 is 1.53. The Balaban J connectivity index is 2.04. The Kier molecular flexibility index (Phi) is 6.64. The second-order valence-corrected chi connectivity index (χ2v) is 6.52.